The second-order valence-corrected chi connectivity index (χ2v) is 4.25. The van der Waals surface area contributed by atoms with E-state index in [1.165, 1.54) is 11.0 Å². The van der Waals surface area contributed by atoms with Crippen LogP contribution in [-0.2, 0) is 4.79 Å². The fraction of sp³-hybridized carbons (Fsp3) is 0.333. The Hall–Kier alpha value is -2.18. The number of carbonyl (C=O) groups excluding carboxylic acids is 1. The van der Waals surface area contributed by atoms with E-state index in [1.54, 1.807) is 0 Å². The molecule has 0 bridgehead atoms. The standard InChI is InChI=1S/C12H12F2N2O3/c13-8-4-3-7(6-9(8)14)15-12(19)16-5-1-2-10(16)11(17)18/h3-4,6,10H,1-2,5H2,(H,15,19)(H,17,18). The minimum atomic E-state index is -1.07. The van der Waals surface area contributed by atoms with Gasteiger partial charge in [-0.05, 0) is 25.0 Å². The van der Waals surface area contributed by atoms with E-state index in [-0.39, 0.29) is 5.69 Å². The van der Waals surface area contributed by atoms with Gasteiger partial charge >= 0.3 is 12.0 Å². The fourth-order valence-corrected chi connectivity index (χ4v) is 2.04. The number of carbonyl (C=O) groups is 2. The van der Waals surface area contributed by atoms with Gasteiger partial charge in [0.2, 0.25) is 0 Å². The Morgan fingerprint density at radius 3 is 2.68 bits per heavy atom. The van der Waals surface area contributed by atoms with Crippen LogP contribution in [0.25, 0.3) is 0 Å². The SMILES string of the molecule is O=C(O)C1CCCN1C(=O)Nc1ccc(F)c(F)c1. The summed E-state index contributed by atoms with van der Waals surface area (Å²) >= 11 is 0. The number of nitrogens with zero attached hydrogens (tertiary/aromatic N) is 1. The molecule has 1 heterocycles. The molecular weight excluding hydrogens is 258 g/mol. The summed E-state index contributed by atoms with van der Waals surface area (Å²) in [6.45, 7) is 0.326. The molecule has 1 atom stereocenters. The zero-order valence-corrected chi connectivity index (χ0v) is 9.90. The van der Waals surface area contributed by atoms with Crippen molar-refractivity contribution >= 4 is 17.7 Å². The normalized spacial score (nSPS) is 18.4. The molecule has 0 radical (unpaired) electrons. The average molecular weight is 270 g/mol. The van der Waals surface area contributed by atoms with Gasteiger partial charge in [0.1, 0.15) is 6.04 Å². The Labute approximate surface area is 107 Å². The summed E-state index contributed by atoms with van der Waals surface area (Å²) in [4.78, 5) is 24.0. The van der Waals surface area contributed by atoms with E-state index in [4.69, 9.17) is 5.11 Å². The predicted octanol–water partition coefficient (Wildman–Crippen LogP) is 2.05. The number of amides is 2. The van der Waals surface area contributed by atoms with Crippen LogP contribution in [0.5, 0.6) is 0 Å². The number of carboxylic acid groups (broad SMARTS) is 1. The number of nitrogens with one attached hydrogen (secondary N) is 1. The molecule has 0 aliphatic carbocycles. The number of rotatable bonds is 2. The van der Waals surface area contributed by atoms with Gasteiger partial charge in [0.25, 0.3) is 0 Å². The van der Waals surface area contributed by atoms with Crippen LogP contribution in [0.3, 0.4) is 0 Å². The minimum absolute atomic E-state index is 0.0833. The molecule has 2 N–H and O–H groups in total. The third-order valence-corrected chi connectivity index (χ3v) is 2.97. The van der Waals surface area contributed by atoms with E-state index < -0.39 is 29.7 Å². The van der Waals surface area contributed by atoms with Crippen molar-refractivity contribution in [3.05, 3.63) is 29.8 Å². The van der Waals surface area contributed by atoms with Crippen molar-refractivity contribution in [1.29, 1.82) is 0 Å². The van der Waals surface area contributed by atoms with E-state index in [0.717, 1.165) is 12.1 Å². The van der Waals surface area contributed by atoms with Gasteiger partial charge in [-0.25, -0.2) is 18.4 Å². The Morgan fingerprint density at radius 2 is 2.05 bits per heavy atom. The molecule has 1 saturated heterocycles. The van der Waals surface area contributed by atoms with Gasteiger partial charge in [-0.1, -0.05) is 0 Å². The zero-order chi connectivity index (χ0) is 14.0. The molecule has 2 amide bonds. The van der Waals surface area contributed by atoms with E-state index in [9.17, 15) is 18.4 Å². The first kappa shape index (κ1) is 13.3. The Kier molecular flexibility index (Phi) is 3.64. The molecule has 2 rings (SSSR count). The second-order valence-electron chi connectivity index (χ2n) is 4.25. The molecule has 1 aliphatic heterocycles. The van der Waals surface area contributed by atoms with Gasteiger partial charge in [-0.2, -0.15) is 0 Å². The summed E-state index contributed by atoms with van der Waals surface area (Å²) in [5.41, 5.74) is 0.0833. The average Bonchev–Trinajstić information content (AvgIpc) is 2.83. The van der Waals surface area contributed by atoms with Gasteiger partial charge in [-0.15, -0.1) is 0 Å². The number of carboxylic acids is 1. The maximum atomic E-state index is 13.0. The van der Waals surface area contributed by atoms with Crippen LogP contribution in [0.4, 0.5) is 19.3 Å². The van der Waals surface area contributed by atoms with Gasteiger partial charge in [-0.3, -0.25) is 0 Å². The summed E-state index contributed by atoms with van der Waals surface area (Å²) in [5.74, 6) is -3.16. The third kappa shape index (κ3) is 2.81. The van der Waals surface area contributed by atoms with Gasteiger partial charge in [0.05, 0.1) is 0 Å². The van der Waals surface area contributed by atoms with Crippen molar-refractivity contribution < 1.29 is 23.5 Å². The Bertz CT molecular complexity index is 522. The number of likely N-dealkylation sites (tertiary alicyclic amines) is 1. The van der Waals surface area contributed by atoms with Crippen LogP contribution in [-0.4, -0.2) is 34.6 Å². The van der Waals surface area contributed by atoms with E-state index in [2.05, 4.69) is 5.32 Å². The molecule has 1 aliphatic rings. The third-order valence-electron chi connectivity index (χ3n) is 2.97. The van der Waals surface area contributed by atoms with Crippen molar-refractivity contribution in [3.8, 4) is 0 Å². The Balaban J connectivity index is 2.08. The topological polar surface area (TPSA) is 69.6 Å². The molecule has 1 unspecified atom stereocenters. The second kappa shape index (κ2) is 5.21. The largest absolute Gasteiger partial charge is 0.480 e. The lowest BCUT2D eigenvalue weighted by atomic mass is 10.2. The molecule has 1 fully saturated rings. The lowest BCUT2D eigenvalue weighted by Gasteiger charge is -2.21. The van der Waals surface area contributed by atoms with Crippen LogP contribution >= 0.6 is 0 Å². The zero-order valence-electron chi connectivity index (χ0n) is 9.90. The van der Waals surface area contributed by atoms with Gasteiger partial charge < -0.3 is 15.3 Å². The molecule has 0 aromatic heterocycles. The first-order valence-corrected chi connectivity index (χ1v) is 5.74. The Morgan fingerprint density at radius 1 is 1.32 bits per heavy atom. The van der Waals surface area contributed by atoms with Crippen LogP contribution < -0.4 is 5.32 Å². The van der Waals surface area contributed by atoms with Crippen LogP contribution in [0.1, 0.15) is 12.8 Å². The molecule has 0 saturated carbocycles. The molecule has 0 spiro atoms. The van der Waals surface area contributed by atoms with Crippen molar-refractivity contribution in [2.24, 2.45) is 0 Å². The summed E-state index contributed by atoms with van der Waals surface area (Å²) in [5, 5.41) is 11.3. The number of urea groups is 1. The minimum Gasteiger partial charge on any atom is -0.480 e. The van der Waals surface area contributed by atoms with Crippen molar-refractivity contribution in [1.82, 2.24) is 4.90 Å². The summed E-state index contributed by atoms with van der Waals surface area (Å²) < 4.78 is 25.7. The number of benzene rings is 1. The molecular formula is C12H12F2N2O3. The van der Waals surface area contributed by atoms with Gasteiger partial charge in [0.15, 0.2) is 11.6 Å². The van der Waals surface area contributed by atoms with Gasteiger partial charge in [0, 0.05) is 18.3 Å². The highest BCUT2D eigenvalue weighted by Gasteiger charge is 2.33. The number of halogens is 2. The number of aliphatic carboxylic acids is 1. The molecule has 19 heavy (non-hydrogen) atoms. The first-order valence-electron chi connectivity index (χ1n) is 5.74. The maximum absolute atomic E-state index is 13.0. The highest BCUT2D eigenvalue weighted by atomic mass is 19.2. The molecule has 102 valence electrons. The van der Waals surface area contributed by atoms with Crippen LogP contribution in [0.2, 0.25) is 0 Å². The fourth-order valence-electron chi connectivity index (χ4n) is 2.04. The predicted molar refractivity (Wildman–Crippen MR) is 62.7 cm³/mol. The number of hydrogen-bond donors (Lipinski definition) is 2. The van der Waals surface area contributed by atoms with Crippen molar-refractivity contribution in [3.63, 3.8) is 0 Å². The van der Waals surface area contributed by atoms with E-state index in [1.807, 2.05) is 0 Å². The highest BCUT2D eigenvalue weighted by Crippen LogP contribution is 2.20. The molecule has 5 nitrogen and oxygen atoms in total. The summed E-state index contributed by atoms with van der Waals surface area (Å²) in [6.07, 6.45) is 0.989. The lowest BCUT2D eigenvalue weighted by molar-refractivity contribution is -0.141. The first-order chi connectivity index (χ1) is 8.99. The maximum Gasteiger partial charge on any atom is 0.326 e. The molecule has 1 aromatic carbocycles. The smallest absolute Gasteiger partial charge is 0.326 e. The summed E-state index contributed by atoms with van der Waals surface area (Å²) in [7, 11) is 0. The quantitative estimate of drug-likeness (QED) is 0.864. The van der Waals surface area contributed by atoms with E-state index >= 15 is 0 Å². The number of hydrogen-bond acceptors (Lipinski definition) is 2. The van der Waals surface area contributed by atoms with Crippen molar-refractivity contribution in [2.75, 3.05) is 11.9 Å². The van der Waals surface area contributed by atoms with Crippen LogP contribution in [0.15, 0.2) is 18.2 Å². The van der Waals surface area contributed by atoms with Crippen molar-refractivity contribution in [2.45, 2.75) is 18.9 Å². The molecule has 7 heteroatoms. The molecule has 1 aromatic rings. The highest BCUT2D eigenvalue weighted by molar-refractivity contribution is 5.92. The van der Waals surface area contributed by atoms with Crippen LogP contribution in [0, 0.1) is 11.6 Å². The monoisotopic (exact) mass is 270 g/mol. The lowest BCUT2D eigenvalue weighted by Crippen LogP contribution is -2.42. The number of anilines is 1. The van der Waals surface area contributed by atoms with E-state index in [0.29, 0.717) is 19.4 Å². The summed E-state index contributed by atoms with van der Waals surface area (Å²) in [6, 6.07) is 1.45.